The fourth-order valence-corrected chi connectivity index (χ4v) is 2.56. The van der Waals surface area contributed by atoms with Crippen molar-refractivity contribution in [1.82, 2.24) is 5.43 Å². The fraction of sp³-hybridized carbons (Fsp3) is 0.176. The number of aryl methyl sites for hydroxylation is 1. The first kappa shape index (κ1) is 17.7. The van der Waals surface area contributed by atoms with Crippen LogP contribution in [0.2, 0.25) is 0 Å². The second-order valence-corrected chi connectivity index (χ2v) is 6.19. The molecule has 0 fully saturated rings. The van der Waals surface area contributed by atoms with E-state index in [2.05, 4.69) is 10.5 Å². The summed E-state index contributed by atoms with van der Waals surface area (Å²) < 4.78 is 0. The summed E-state index contributed by atoms with van der Waals surface area (Å²) in [4.78, 5) is 23.2. The van der Waals surface area contributed by atoms with Crippen LogP contribution in [0.4, 0.5) is 5.69 Å². The summed E-state index contributed by atoms with van der Waals surface area (Å²) in [6.45, 7) is 3.69. The van der Waals surface area contributed by atoms with Gasteiger partial charge in [-0.1, -0.05) is 29.8 Å². The van der Waals surface area contributed by atoms with Gasteiger partial charge in [0.1, 0.15) is 0 Å². The maximum absolute atomic E-state index is 11.8. The normalized spacial score (nSPS) is 11.2. The summed E-state index contributed by atoms with van der Waals surface area (Å²) in [5, 5.41) is 14.8. The molecule has 0 aromatic heterocycles. The van der Waals surface area contributed by atoms with E-state index >= 15 is 0 Å². The summed E-state index contributed by atoms with van der Waals surface area (Å²) in [5.41, 5.74) is 4.73. The van der Waals surface area contributed by atoms with Crippen molar-refractivity contribution >= 4 is 29.1 Å². The molecular formula is C17H17N3O3S. The predicted octanol–water partition coefficient (Wildman–Crippen LogP) is 3.54. The molecule has 0 heterocycles. The van der Waals surface area contributed by atoms with E-state index in [0.717, 1.165) is 4.90 Å². The lowest BCUT2D eigenvalue weighted by Crippen LogP contribution is -2.21. The highest BCUT2D eigenvalue weighted by atomic mass is 32.2. The van der Waals surface area contributed by atoms with Crippen molar-refractivity contribution in [3.05, 3.63) is 69.8 Å². The third kappa shape index (κ3) is 5.20. The smallest absolute Gasteiger partial charge is 0.270 e. The molecule has 0 saturated carbocycles. The molecule has 1 N–H and O–H groups in total. The topological polar surface area (TPSA) is 84.6 Å². The largest absolute Gasteiger partial charge is 0.272 e. The number of thioether (sulfide) groups is 1. The van der Waals surface area contributed by atoms with Gasteiger partial charge in [-0.15, -0.1) is 11.8 Å². The van der Waals surface area contributed by atoms with Gasteiger partial charge in [0.05, 0.1) is 16.4 Å². The Morgan fingerprint density at radius 2 is 1.96 bits per heavy atom. The monoisotopic (exact) mass is 343 g/mol. The number of hydrazone groups is 1. The van der Waals surface area contributed by atoms with Gasteiger partial charge in [0.2, 0.25) is 5.91 Å². The predicted molar refractivity (Wildman–Crippen MR) is 95.4 cm³/mol. The molecule has 0 bridgehead atoms. The average Bonchev–Trinajstić information content (AvgIpc) is 2.59. The zero-order chi connectivity index (χ0) is 17.5. The number of non-ortho nitro benzene ring substituents is 1. The molecule has 2 aromatic rings. The molecular weight excluding hydrogens is 326 g/mol. The maximum Gasteiger partial charge on any atom is 0.270 e. The molecule has 0 spiro atoms. The van der Waals surface area contributed by atoms with Crippen molar-refractivity contribution in [2.45, 2.75) is 18.7 Å². The highest BCUT2D eigenvalue weighted by molar-refractivity contribution is 8.00. The van der Waals surface area contributed by atoms with Crippen LogP contribution < -0.4 is 5.43 Å². The van der Waals surface area contributed by atoms with E-state index in [-0.39, 0.29) is 17.3 Å². The quantitative estimate of drug-likeness (QED) is 0.376. The van der Waals surface area contributed by atoms with Crippen molar-refractivity contribution in [2.24, 2.45) is 5.10 Å². The van der Waals surface area contributed by atoms with Gasteiger partial charge in [0.15, 0.2) is 0 Å². The van der Waals surface area contributed by atoms with Gasteiger partial charge < -0.3 is 0 Å². The van der Waals surface area contributed by atoms with Crippen LogP contribution in [-0.4, -0.2) is 22.3 Å². The molecule has 124 valence electrons. The van der Waals surface area contributed by atoms with E-state index < -0.39 is 4.92 Å². The number of hydrogen-bond donors (Lipinski definition) is 1. The van der Waals surface area contributed by atoms with Gasteiger partial charge in [-0.25, -0.2) is 5.43 Å². The number of carbonyl (C=O) groups is 1. The highest BCUT2D eigenvalue weighted by Crippen LogP contribution is 2.18. The summed E-state index contributed by atoms with van der Waals surface area (Å²) >= 11 is 1.42. The minimum atomic E-state index is -0.465. The molecule has 0 radical (unpaired) electrons. The number of nitro benzene ring substituents is 1. The van der Waals surface area contributed by atoms with Crippen molar-refractivity contribution in [3.8, 4) is 0 Å². The molecule has 0 saturated heterocycles. The summed E-state index contributed by atoms with van der Waals surface area (Å²) in [7, 11) is 0. The molecule has 2 aromatic carbocycles. The first-order valence-electron chi connectivity index (χ1n) is 7.23. The second kappa shape index (κ2) is 8.26. The molecule has 6 nitrogen and oxygen atoms in total. The summed E-state index contributed by atoms with van der Waals surface area (Å²) in [6.07, 6.45) is 0. The minimum absolute atomic E-state index is 0.0108. The van der Waals surface area contributed by atoms with Gasteiger partial charge in [-0.2, -0.15) is 5.10 Å². The lowest BCUT2D eigenvalue weighted by Gasteiger charge is -2.04. The molecule has 7 heteroatoms. The lowest BCUT2D eigenvalue weighted by atomic mass is 10.1. The first-order chi connectivity index (χ1) is 11.5. The first-order valence-corrected chi connectivity index (χ1v) is 8.21. The Morgan fingerprint density at radius 1 is 1.25 bits per heavy atom. The lowest BCUT2D eigenvalue weighted by molar-refractivity contribution is -0.384. The van der Waals surface area contributed by atoms with Crippen molar-refractivity contribution in [1.29, 1.82) is 0 Å². The van der Waals surface area contributed by atoms with Crippen molar-refractivity contribution < 1.29 is 9.72 Å². The van der Waals surface area contributed by atoms with Crippen molar-refractivity contribution in [2.75, 3.05) is 5.75 Å². The number of amides is 1. The molecule has 2 rings (SSSR count). The van der Waals surface area contributed by atoms with Crippen LogP contribution in [0.3, 0.4) is 0 Å². The van der Waals surface area contributed by atoms with Gasteiger partial charge in [-0.05, 0) is 26.0 Å². The van der Waals surface area contributed by atoms with Gasteiger partial charge in [0.25, 0.3) is 5.69 Å². The van der Waals surface area contributed by atoms with Crippen LogP contribution in [0.25, 0.3) is 0 Å². The summed E-state index contributed by atoms with van der Waals surface area (Å²) in [6, 6.07) is 14.0. The zero-order valence-electron chi connectivity index (χ0n) is 13.4. The Morgan fingerprint density at radius 3 is 2.62 bits per heavy atom. The van der Waals surface area contributed by atoms with Gasteiger partial charge >= 0.3 is 0 Å². The van der Waals surface area contributed by atoms with Crippen LogP contribution in [0.1, 0.15) is 18.1 Å². The molecule has 1 amide bonds. The van der Waals surface area contributed by atoms with Crippen LogP contribution in [0.15, 0.2) is 58.5 Å². The second-order valence-electron chi connectivity index (χ2n) is 5.14. The summed E-state index contributed by atoms with van der Waals surface area (Å²) in [5.74, 6) is 0.0137. The van der Waals surface area contributed by atoms with E-state index in [9.17, 15) is 14.9 Å². The molecule has 0 atom stereocenters. The van der Waals surface area contributed by atoms with E-state index in [1.165, 1.54) is 29.5 Å². The van der Waals surface area contributed by atoms with E-state index in [1.807, 2.05) is 31.2 Å². The van der Waals surface area contributed by atoms with E-state index in [4.69, 9.17) is 0 Å². The number of nitro groups is 1. The Labute approximate surface area is 144 Å². The van der Waals surface area contributed by atoms with Crippen molar-refractivity contribution in [3.63, 3.8) is 0 Å². The van der Waals surface area contributed by atoms with Crippen LogP contribution in [0.5, 0.6) is 0 Å². The van der Waals surface area contributed by atoms with Crippen LogP contribution >= 0.6 is 11.8 Å². The number of hydrogen-bond acceptors (Lipinski definition) is 5. The Balaban J connectivity index is 1.91. The van der Waals surface area contributed by atoms with Gasteiger partial charge in [0, 0.05) is 22.6 Å². The number of benzene rings is 2. The zero-order valence-corrected chi connectivity index (χ0v) is 14.2. The maximum atomic E-state index is 11.8. The standard InChI is InChI=1S/C17H17N3O3S/c1-12-6-8-16(9-7-12)24-11-17(21)19-18-13(2)14-4-3-5-15(10-14)20(22)23/h3-10H,11H2,1-2H3,(H,19,21)/b18-13-. The Bertz CT molecular complexity index is 773. The van der Waals surface area contributed by atoms with Crippen LogP contribution in [0, 0.1) is 17.0 Å². The van der Waals surface area contributed by atoms with E-state index in [1.54, 1.807) is 19.1 Å². The molecule has 0 aliphatic heterocycles. The van der Waals surface area contributed by atoms with Gasteiger partial charge in [-0.3, -0.25) is 14.9 Å². The third-order valence-corrected chi connectivity index (χ3v) is 4.23. The molecule has 0 aliphatic carbocycles. The minimum Gasteiger partial charge on any atom is -0.272 e. The fourth-order valence-electron chi connectivity index (χ4n) is 1.87. The molecule has 24 heavy (non-hydrogen) atoms. The number of nitrogens with one attached hydrogen (secondary N) is 1. The van der Waals surface area contributed by atoms with Crippen LogP contribution in [-0.2, 0) is 4.79 Å². The highest BCUT2D eigenvalue weighted by Gasteiger charge is 2.08. The molecule has 0 unspecified atom stereocenters. The number of rotatable bonds is 6. The Hall–Kier alpha value is -2.67. The Kier molecular flexibility index (Phi) is 6.08. The number of carbonyl (C=O) groups excluding carboxylic acids is 1. The third-order valence-electron chi connectivity index (χ3n) is 3.21. The van der Waals surface area contributed by atoms with E-state index in [0.29, 0.717) is 11.3 Å². The SMILES string of the molecule is C/C(=N/NC(=O)CSc1ccc(C)cc1)c1cccc([N+](=O)[O-])c1. The molecule has 0 aliphatic rings. The average molecular weight is 343 g/mol. The number of nitrogens with zero attached hydrogens (tertiary/aromatic N) is 2.